The van der Waals surface area contributed by atoms with E-state index in [1.54, 1.807) is 13.8 Å². The van der Waals surface area contributed by atoms with Crippen molar-refractivity contribution < 1.29 is 67.4 Å². The number of carboxylic acids is 1. The van der Waals surface area contributed by atoms with E-state index in [4.69, 9.17) is 22.9 Å². The van der Waals surface area contributed by atoms with Gasteiger partial charge in [0.1, 0.15) is 36.3 Å². The van der Waals surface area contributed by atoms with E-state index in [0.717, 1.165) is 4.90 Å². The maximum Gasteiger partial charge on any atom is 0.469 e. The molecule has 0 unspecified atom stereocenters. The first kappa shape index (κ1) is 49.1. The molecule has 0 aromatic rings. The van der Waals surface area contributed by atoms with Crippen LogP contribution in [-0.2, 0) is 47.4 Å². The van der Waals surface area contributed by atoms with Crippen LogP contribution in [-0.4, -0.2) is 147 Å². The second kappa shape index (κ2) is 23.2. The molecule has 318 valence electrons. The average Bonchev–Trinajstić information content (AvgIpc) is 3.61. The van der Waals surface area contributed by atoms with Crippen LogP contribution < -0.4 is 49.5 Å². The lowest BCUT2D eigenvalue weighted by Crippen LogP contribution is -2.61. The summed E-state index contributed by atoms with van der Waals surface area (Å²) in [4.78, 5) is 126. The number of aliphatic hydroxyl groups excluding tert-OH is 1. The number of carbonyl (C=O) groups excluding carboxylic acids is 7. The summed E-state index contributed by atoms with van der Waals surface area (Å²) in [5, 5.41) is 30.5. The van der Waals surface area contributed by atoms with Crippen LogP contribution in [0.25, 0.3) is 0 Å². The second-order valence-corrected chi connectivity index (χ2v) is 14.2. The summed E-state index contributed by atoms with van der Waals surface area (Å²) in [5.74, 6) is -9.35. The predicted molar refractivity (Wildman–Crippen MR) is 194 cm³/mol. The van der Waals surface area contributed by atoms with Gasteiger partial charge in [-0.2, -0.15) is 0 Å². The molecule has 0 saturated carbocycles. The summed E-state index contributed by atoms with van der Waals surface area (Å²) in [6, 6.07) is -10.6. The zero-order valence-corrected chi connectivity index (χ0v) is 32.1. The third-order valence-electron chi connectivity index (χ3n) is 8.54. The number of carboxylic acid groups (broad SMARTS) is 1. The standard InChI is InChI=1S/C30H54N11O14P/c1-4-14(2)22(40-23(44)16(31)7-5-9-35-30(33)34)27(48)38-18(12-42)25(46)37-17(11-21(32)43)24(45)39-19(13-55-56(52,53)54)26(47)36-15(3)28(49)41-10-6-8-20(41)29(50)51/h14-20,22,42H,4-13,31H2,1-3H3,(H2,32,43)(H,36,47)(H,37,46)(H,38,48)(H,39,45)(H,40,44)(H,50,51)(H4,33,34,35)(H2,52,53,54)/t14-,15-,16-,17-,18-,19-,20-,22-/m0/s1. The Morgan fingerprint density at radius 1 is 0.875 bits per heavy atom. The van der Waals surface area contributed by atoms with Gasteiger partial charge in [-0.05, 0) is 38.5 Å². The number of aliphatic hydroxyl groups is 1. The van der Waals surface area contributed by atoms with Crippen molar-refractivity contribution in [1.82, 2.24) is 31.5 Å². The summed E-state index contributed by atoms with van der Waals surface area (Å²) >= 11 is 0. The minimum absolute atomic E-state index is 0.0746. The molecular weight excluding hydrogens is 769 g/mol. The molecule has 56 heavy (non-hydrogen) atoms. The molecule has 0 radical (unpaired) electrons. The molecule has 8 atom stereocenters. The van der Waals surface area contributed by atoms with E-state index in [1.807, 2.05) is 5.32 Å². The molecule has 1 rings (SSSR count). The third-order valence-corrected chi connectivity index (χ3v) is 9.03. The lowest BCUT2D eigenvalue weighted by molar-refractivity contribution is -0.149. The molecule has 1 heterocycles. The van der Waals surface area contributed by atoms with Gasteiger partial charge in [-0.1, -0.05) is 20.3 Å². The Labute approximate surface area is 321 Å². The van der Waals surface area contributed by atoms with E-state index in [1.165, 1.54) is 6.92 Å². The Hall–Kier alpha value is -4.94. The van der Waals surface area contributed by atoms with Gasteiger partial charge in [0.15, 0.2) is 5.96 Å². The number of phosphoric ester groups is 1. The van der Waals surface area contributed by atoms with Crippen molar-refractivity contribution in [3.05, 3.63) is 0 Å². The van der Waals surface area contributed by atoms with Gasteiger partial charge in [0.05, 0.1) is 25.7 Å². The molecule has 1 saturated heterocycles. The van der Waals surface area contributed by atoms with Crippen molar-refractivity contribution in [3.63, 3.8) is 0 Å². The number of hydrogen-bond acceptors (Lipinski definition) is 13. The first-order chi connectivity index (χ1) is 26.0. The van der Waals surface area contributed by atoms with Gasteiger partial charge in [0.25, 0.3) is 0 Å². The van der Waals surface area contributed by atoms with Gasteiger partial charge in [0.2, 0.25) is 41.4 Å². The van der Waals surface area contributed by atoms with Gasteiger partial charge in [-0.25, -0.2) is 9.36 Å². The number of carbonyl (C=O) groups is 8. The fourth-order valence-corrected chi connectivity index (χ4v) is 5.63. The van der Waals surface area contributed by atoms with E-state index in [-0.39, 0.29) is 31.9 Å². The molecule has 25 nitrogen and oxygen atoms in total. The Balaban J connectivity index is 3.15. The summed E-state index contributed by atoms with van der Waals surface area (Å²) in [5.41, 5.74) is 21.8. The van der Waals surface area contributed by atoms with Gasteiger partial charge >= 0.3 is 13.8 Å². The summed E-state index contributed by atoms with van der Waals surface area (Å²) in [6.45, 7) is 2.56. The van der Waals surface area contributed by atoms with Crippen molar-refractivity contribution in [2.24, 2.45) is 33.8 Å². The van der Waals surface area contributed by atoms with Crippen LogP contribution in [0.3, 0.4) is 0 Å². The molecule has 7 amide bonds. The SMILES string of the molecule is CC[C@H](C)[C@H](NC(=O)[C@@H](N)CCCN=C(N)N)C(=O)N[C@@H](CO)C(=O)N[C@@H](CC(N)=O)C(=O)N[C@@H](COP(=O)(O)O)C(=O)N[C@@H](C)C(=O)N1CCC[C@H]1C(=O)O. The Morgan fingerprint density at radius 3 is 1.98 bits per heavy atom. The highest BCUT2D eigenvalue weighted by Gasteiger charge is 2.38. The molecule has 0 spiro atoms. The minimum atomic E-state index is -5.26. The topological polar surface area (TPSA) is 424 Å². The number of aliphatic carboxylic acids is 1. The molecule has 1 aliphatic heterocycles. The van der Waals surface area contributed by atoms with Crippen LogP contribution in [0.5, 0.6) is 0 Å². The second-order valence-electron chi connectivity index (χ2n) is 13.0. The maximum atomic E-state index is 13.4. The van der Waals surface area contributed by atoms with Crippen molar-refractivity contribution in [1.29, 1.82) is 0 Å². The number of hydrogen-bond donors (Lipinski definition) is 13. The molecule has 0 aliphatic carbocycles. The third kappa shape index (κ3) is 16.8. The fraction of sp³-hybridized carbons (Fsp3) is 0.700. The van der Waals surface area contributed by atoms with Crippen molar-refractivity contribution in [3.8, 4) is 0 Å². The van der Waals surface area contributed by atoms with Crippen LogP contribution in [0, 0.1) is 5.92 Å². The fourth-order valence-electron chi connectivity index (χ4n) is 5.29. The number of rotatable bonds is 24. The molecule has 0 aromatic heterocycles. The number of phosphoric acid groups is 1. The smallest absolute Gasteiger partial charge is 0.469 e. The zero-order valence-electron chi connectivity index (χ0n) is 31.2. The summed E-state index contributed by atoms with van der Waals surface area (Å²) in [6.07, 6.45) is 0.471. The Kier molecular flexibility index (Phi) is 20.3. The number of amides is 7. The Morgan fingerprint density at radius 2 is 1.45 bits per heavy atom. The summed E-state index contributed by atoms with van der Waals surface area (Å²) in [7, 11) is -5.26. The predicted octanol–water partition coefficient (Wildman–Crippen LogP) is -6.09. The quantitative estimate of drug-likeness (QED) is 0.0186. The molecule has 26 heteroatoms. The number of nitrogens with one attached hydrogen (secondary N) is 5. The highest BCUT2D eigenvalue weighted by Crippen LogP contribution is 2.35. The molecule has 17 N–H and O–H groups in total. The molecule has 1 fully saturated rings. The lowest BCUT2D eigenvalue weighted by atomic mass is 9.97. The van der Waals surface area contributed by atoms with E-state index in [0.29, 0.717) is 19.3 Å². The molecule has 0 bridgehead atoms. The number of likely N-dealkylation sites (tertiary alicyclic amines) is 1. The van der Waals surface area contributed by atoms with E-state index in [9.17, 15) is 62.9 Å². The highest BCUT2D eigenvalue weighted by molar-refractivity contribution is 7.46. The number of guanidine groups is 1. The van der Waals surface area contributed by atoms with Crippen molar-refractivity contribution in [2.75, 3.05) is 26.3 Å². The normalized spacial score (nSPS) is 17.8. The van der Waals surface area contributed by atoms with E-state index >= 15 is 0 Å². The number of aliphatic imine (C=N–C) groups is 1. The van der Waals surface area contributed by atoms with E-state index < -0.39 is 123 Å². The number of primary amides is 1. The average molecular weight is 824 g/mol. The number of nitrogens with two attached hydrogens (primary N) is 4. The molecule has 0 aromatic carbocycles. The van der Waals surface area contributed by atoms with Crippen LogP contribution in [0.4, 0.5) is 0 Å². The van der Waals surface area contributed by atoms with Gasteiger partial charge in [-0.3, -0.25) is 43.1 Å². The van der Waals surface area contributed by atoms with Crippen LogP contribution >= 0.6 is 7.82 Å². The van der Waals surface area contributed by atoms with Crippen LogP contribution in [0.2, 0.25) is 0 Å². The van der Waals surface area contributed by atoms with Crippen LogP contribution in [0.15, 0.2) is 4.99 Å². The maximum absolute atomic E-state index is 13.4. The lowest BCUT2D eigenvalue weighted by Gasteiger charge is -2.28. The molecule has 1 aliphatic rings. The van der Waals surface area contributed by atoms with Crippen molar-refractivity contribution in [2.45, 2.75) is 102 Å². The number of nitrogens with zero attached hydrogens (tertiary/aromatic N) is 2. The first-order valence-corrected chi connectivity index (χ1v) is 19.0. The van der Waals surface area contributed by atoms with Gasteiger partial charge in [0, 0.05) is 13.1 Å². The van der Waals surface area contributed by atoms with Crippen molar-refractivity contribution >= 4 is 61.1 Å². The zero-order chi connectivity index (χ0) is 42.9. The van der Waals surface area contributed by atoms with Gasteiger partial charge < -0.3 is 74.4 Å². The molecular formula is C30H54N11O14P. The monoisotopic (exact) mass is 823 g/mol. The first-order valence-electron chi connectivity index (χ1n) is 17.5. The Bertz CT molecular complexity index is 1510. The van der Waals surface area contributed by atoms with Crippen LogP contribution in [0.1, 0.15) is 59.3 Å². The van der Waals surface area contributed by atoms with Gasteiger partial charge in [-0.15, -0.1) is 0 Å². The minimum Gasteiger partial charge on any atom is -0.480 e. The summed E-state index contributed by atoms with van der Waals surface area (Å²) < 4.78 is 15.8. The van der Waals surface area contributed by atoms with E-state index in [2.05, 4.69) is 30.8 Å². The highest BCUT2D eigenvalue weighted by atomic mass is 31.2. The largest absolute Gasteiger partial charge is 0.480 e.